The van der Waals surface area contributed by atoms with Crippen molar-refractivity contribution in [3.05, 3.63) is 43.2 Å². The molecule has 114 valence electrons. The van der Waals surface area contributed by atoms with Crippen molar-refractivity contribution in [3.8, 4) is 0 Å². The van der Waals surface area contributed by atoms with E-state index in [2.05, 4.69) is 53.2 Å². The average Bonchev–Trinajstić information content (AvgIpc) is 2.85. The number of unbranched alkanes of at least 4 members (excludes halogenated alkanes) is 6. The summed E-state index contributed by atoms with van der Waals surface area (Å²) in [6.45, 7) is 8.13. The first-order valence-corrected chi connectivity index (χ1v) is 8.45. The number of aryl methyl sites for hydroxylation is 1. The molecule has 21 heavy (non-hydrogen) atoms. The molecule has 0 unspecified atom stereocenters. The summed E-state index contributed by atoms with van der Waals surface area (Å²) >= 11 is 0. The molecule has 0 aliphatic heterocycles. The van der Waals surface area contributed by atoms with E-state index in [1.165, 1.54) is 56.0 Å². The fourth-order valence-corrected chi connectivity index (χ4v) is 2.94. The highest BCUT2D eigenvalue weighted by Gasteiger charge is 2.13. The predicted octanol–water partition coefficient (Wildman–Crippen LogP) is 4.87. The first kappa shape index (κ1) is 15.8. The summed E-state index contributed by atoms with van der Waals surface area (Å²) in [5.41, 5.74) is 2.64. The number of para-hydroxylation sites is 2. The molecule has 1 aromatic heterocycles. The Kier molecular flexibility index (Phi) is 6.52. The summed E-state index contributed by atoms with van der Waals surface area (Å²) < 4.78 is 4.68. The first-order valence-electron chi connectivity index (χ1n) is 8.45. The van der Waals surface area contributed by atoms with Crippen LogP contribution in [-0.2, 0) is 13.1 Å². The molecule has 1 heterocycles. The topological polar surface area (TPSA) is 8.81 Å². The Hall–Kier alpha value is -1.57. The molecule has 2 heteroatoms. The van der Waals surface area contributed by atoms with Gasteiger partial charge in [0.25, 0.3) is 0 Å². The number of nitrogens with zero attached hydrogens (tertiary/aromatic N) is 2. The van der Waals surface area contributed by atoms with Gasteiger partial charge in [-0.25, -0.2) is 9.13 Å². The molecule has 1 aromatic carbocycles. The van der Waals surface area contributed by atoms with E-state index < -0.39 is 0 Å². The number of imidazole rings is 1. The summed E-state index contributed by atoms with van der Waals surface area (Å²) in [5.74, 6) is 0. The molecule has 0 N–H and O–H groups in total. The molecular weight excluding hydrogens is 256 g/mol. The predicted molar refractivity (Wildman–Crippen MR) is 90.3 cm³/mol. The van der Waals surface area contributed by atoms with Crippen molar-refractivity contribution in [2.24, 2.45) is 0 Å². The maximum Gasteiger partial charge on any atom is 0.245 e. The number of fused-ring (bicyclic) bond motifs is 1. The van der Waals surface area contributed by atoms with E-state index in [4.69, 9.17) is 0 Å². The van der Waals surface area contributed by atoms with Crippen LogP contribution in [0, 0.1) is 0 Å². The fourth-order valence-electron chi connectivity index (χ4n) is 2.94. The maximum absolute atomic E-state index is 3.85. The minimum absolute atomic E-state index is 0.879. The Morgan fingerprint density at radius 1 is 1.05 bits per heavy atom. The third-order valence-electron chi connectivity index (χ3n) is 4.11. The summed E-state index contributed by atoms with van der Waals surface area (Å²) in [6.07, 6.45) is 13.7. The van der Waals surface area contributed by atoms with Crippen LogP contribution in [0.5, 0.6) is 0 Å². The smallest absolute Gasteiger partial charge is 0.230 e. The molecule has 0 aliphatic rings. The van der Waals surface area contributed by atoms with E-state index in [0.717, 1.165) is 13.1 Å². The Balaban J connectivity index is 1.88. The number of hydrogen-bond donors (Lipinski definition) is 0. The monoisotopic (exact) mass is 285 g/mol. The van der Waals surface area contributed by atoms with Gasteiger partial charge in [-0.2, -0.15) is 0 Å². The first-order chi connectivity index (χ1) is 10.4. The Morgan fingerprint density at radius 3 is 2.52 bits per heavy atom. The third kappa shape index (κ3) is 4.45. The van der Waals surface area contributed by atoms with Gasteiger partial charge in [0.1, 0.15) is 6.54 Å². The van der Waals surface area contributed by atoms with Crippen molar-refractivity contribution in [2.45, 2.75) is 65.0 Å². The van der Waals surface area contributed by atoms with Crippen LogP contribution >= 0.6 is 0 Å². The SMILES string of the molecule is C=CCn1c[n+](CCCCCCCCC)c2ccccc21. The van der Waals surface area contributed by atoms with Gasteiger partial charge in [0.05, 0.1) is 6.54 Å². The second-order valence-electron chi connectivity index (χ2n) is 5.86. The molecule has 0 spiro atoms. The van der Waals surface area contributed by atoms with Gasteiger partial charge in [-0.1, -0.05) is 63.8 Å². The Bertz CT molecular complexity index is 554. The summed E-state index contributed by atoms with van der Waals surface area (Å²) in [7, 11) is 0. The molecule has 0 radical (unpaired) electrons. The molecule has 0 saturated heterocycles. The molecular formula is C19H29N2+. The molecule has 0 amide bonds. The zero-order valence-corrected chi connectivity index (χ0v) is 13.4. The van der Waals surface area contributed by atoms with Gasteiger partial charge >= 0.3 is 0 Å². The molecule has 0 bridgehead atoms. The highest BCUT2D eigenvalue weighted by Crippen LogP contribution is 2.12. The molecule has 2 nitrogen and oxygen atoms in total. The number of aromatic nitrogens is 2. The minimum atomic E-state index is 0.879. The fraction of sp³-hybridized carbons (Fsp3) is 0.526. The van der Waals surface area contributed by atoms with Gasteiger partial charge in [-0.05, 0) is 25.0 Å². The lowest BCUT2D eigenvalue weighted by Gasteiger charge is -2.00. The zero-order valence-electron chi connectivity index (χ0n) is 13.4. The lowest BCUT2D eigenvalue weighted by Crippen LogP contribution is -2.32. The quantitative estimate of drug-likeness (QED) is 0.335. The highest BCUT2D eigenvalue weighted by atomic mass is 15.1. The van der Waals surface area contributed by atoms with E-state index >= 15 is 0 Å². The van der Waals surface area contributed by atoms with Crippen LogP contribution in [-0.4, -0.2) is 4.57 Å². The van der Waals surface area contributed by atoms with Crippen molar-refractivity contribution >= 4 is 11.0 Å². The van der Waals surface area contributed by atoms with Crippen molar-refractivity contribution in [2.75, 3.05) is 0 Å². The minimum Gasteiger partial charge on any atom is -0.230 e. The lowest BCUT2D eigenvalue weighted by atomic mass is 10.1. The summed E-state index contributed by atoms with van der Waals surface area (Å²) in [6, 6.07) is 8.65. The number of hydrogen-bond acceptors (Lipinski definition) is 0. The molecule has 2 rings (SSSR count). The van der Waals surface area contributed by atoms with Crippen LogP contribution in [0.2, 0.25) is 0 Å². The average molecular weight is 285 g/mol. The second-order valence-corrected chi connectivity index (χ2v) is 5.86. The standard InChI is InChI=1S/C19H29N2/c1-3-5-6-7-8-9-12-16-21-17-20(15-4-2)18-13-10-11-14-19(18)21/h4,10-11,13-14,17H,2-3,5-9,12,15-16H2,1H3/q+1. The molecule has 0 atom stereocenters. The van der Waals surface area contributed by atoms with E-state index in [1.807, 2.05) is 6.08 Å². The highest BCUT2D eigenvalue weighted by molar-refractivity contribution is 5.71. The van der Waals surface area contributed by atoms with Crippen molar-refractivity contribution in [3.63, 3.8) is 0 Å². The van der Waals surface area contributed by atoms with Crippen molar-refractivity contribution in [1.29, 1.82) is 0 Å². The van der Waals surface area contributed by atoms with Gasteiger partial charge < -0.3 is 0 Å². The Labute approximate surface area is 129 Å². The van der Waals surface area contributed by atoms with E-state index in [-0.39, 0.29) is 0 Å². The number of benzene rings is 1. The number of rotatable bonds is 10. The largest absolute Gasteiger partial charge is 0.245 e. The molecule has 0 fully saturated rings. The van der Waals surface area contributed by atoms with E-state index in [9.17, 15) is 0 Å². The third-order valence-corrected chi connectivity index (χ3v) is 4.11. The van der Waals surface area contributed by atoms with E-state index in [1.54, 1.807) is 0 Å². The van der Waals surface area contributed by atoms with Gasteiger partial charge in [0, 0.05) is 0 Å². The lowest BCUT2D eigenvalue weighted by molar-refractivity contribution is -0.672. The van der Waals surface area contributed by atoms with Crippen LogP contribution < -0.4 is 4.57 Å². The van der Waals surface area contributed by atoms with Crippen LogP contribution in [0.3, 0.4) is 0 Å². The normalized spacial score (nSPS) is 11.1. The summed E-state index contributed by atoms with van der Waals surface area (Å²) in [4.78, 5) is 0. The van der Waals surface area contributed by atoms with Gasteiger partial charge in [0.15, 0.2) is 11.0 Å². The van der Waals surface area contributed by atoms with Crippen LogP contribution in [0.25, 0.3) is 11.0 Å². The maximum atomic E-state index is 3.85. The van der Waals surface area contributed by atoms with Crippen LogP contribution in [0.4, 0.5) is 0 Å². The van der Waals surface area contributed by atoms with Crippen LogP contribution in [0.15, 0.2) is 43.2 Å². The summed E-state index contributed by atoms with van der Waals surface area (Å²) in [5, 5.41) is 0. The van der Waals surface area contributed by atoms with Gasteiger partial charge in [-0.3, -0.25) is 0 Å². The molecule has 0 saturated carbocycles. The molecule has 0 aliphatic carbocycles. The van der Waals surface area contributed by atoms with Gasteiger partial charge in [-0.15, -0.1) is 0 Å². The van der Waals surface area contributed by atoms with Crippen LogP contribution in [0.1, 0.15) is 51.9 Å². The van der Waals surface area contributed by atoms with Gasteiger partial charge in [0.2, 0.25) is 6.33 Å². The Morgan fingerprint density at radius 2 is 1.76 bits per heavy atom. The van der Waals surface area contributed by atoms with Crippen molar-refractivity contribution in [1.82, 2.24) is 4.57 Å². The number of allylic oxidation sites excluding steroid dienone is 1. The molecule has 2 aromatic rings. The van der Waals surface area contributed by atoms with Crippen molar-refractivity contribution < 1.29 is 4.57 Å². The second kappa shape index (κ2) is 8.66. The van der Waals surface area contributed by atoms with E-state index in [0.29, 0.717) is 0 Å². The zero-order chi connectivity index (χ0) is 14.9.